The van der Waals surface area contributed by atoms with Crippen LogP contribution >= 0.6 is 0 Å². The Labute approximate surface area is 200 Å². The van der Waals surface area contributed by atoms with Crippen LogP contribution in [0.1, 0.15) is 48.0 Å². The normalized spacial score (nSPS) is 17.2. The number of hydrogen-bond acceptors (Lipinski definition) is 6. The van der Waals surface area contributed by atoms with Gasteiger partial charge in [0.25, 0.3) is 5.91 Å². The number of ether oxygens (including phenoxy) is 1. The Morgan fingerprint density at radius 1 is 0.882 bits per heavy atom. The molecule has 4 heterocycles. The van der Waals surface area contributed by atoms with E-state index in [0.29, 0.717) is 31.3 Å². The number of nitrogens with one attached hydrogen (secondary N) is 2. The smallest absolute Gasteiger partial charge is 0.251 e. The van der Waals surface area contributed by atoms with Crippen LogP contribution in [0.5, 0.6) is 0 Å². The molecule has 3 aliphatic heterocycles. The average Bonchev–Trinajstić information content (AvgIpc) is 2.88. The van der Waals surface area contributed by atoms with Crippen molar-refractivity contribution in [3.63, 3.8) is 0 Å². The standard InChI is InChI=1S/C27H31N5O2/c33-26-22-8-6-21(7-9-22)25-10-12-29-27(31-25)30-23-16-20(19-34-15-5-2-11-28-26)17-24(18-23)32-13-3-1-4-14-32/h6-10,12,16-18H,1-5,11,13-15,19H2,(H,28,33)(H,29,30,31). The van der Waals surface area contributed by atoms with Gasteiger partial charge in [-0.25, -0.2) is 9.97 Å². The maximum atomic E-state index is 12.4. The highest BCUT2D eigenvalue weighted by atomic mass is 16.5. The zero-order valence-electron chi connectivity index (χ0n) is 19.4. The number of anilines is 3. The molecule has 7 nitrogen and oxygen atoms in total. The minimum atomic E-state index is -0.0586. The lowest BCUT2D eigenvalue weighted by Gasteiger charge is -2.29. The number of amides is 1. The first-order chi connectivity index (χ1) is 16.7. The third-order valence-electron chi connectivity index (χ3n) is 6.32. The van der Waals surface area contributed by atoms with Crippen molar-refractivity contribution in [3.8, 4) is 11.3 Å². The molecule has 0 saturated carbocycles. The van der Waals surface area contributed by atoms with Crippen molar-refractivity contribution in [2.45, 2.75) is 38.7 Å². The molecular formula is C27H31N5O2. The van der Waals surface area contributed by atoms with Gasteiger partial charge in [0, 0.05) is 54.9 Å². The first-order valence-corrected chi connectivity index (χ1v) is 12.2. The van der Waals surface area contributed by atoms with Crippen LogP contribution in [0.3, 0.4) is 0 Å². The summed E-state index contributed by atoms with van der Waals surface area (Å²) in [6.45, 7) is 4.01. The first-order valence-electron chi connectivity index (χ1n) is 12.2. The van der Waals surface area contributed by atoms with Crippen molar-refractivity contribution in [2.75, 3.05) is 36.5 Å². The van der Waals surface area contributed by atoms with E-state index in [2.05, 4.69) is 38.7 Å². The van der Waals surface area contributed by atoms with Crippen LogP contribution in [0, 0.1) is 0 Å². The summed E-state index contributed by atoms with van der Waals surface area (Å²) < 4.78 is 5.98. The van der Waals surface area contributed by atoms with Gasteiger partial charge in [-0.15, -0.1) is 0 Å². The number of carbonyl (C=O) groups is 1. The van der Waals surface area contributed by atoms with E-state index in [1.54, 1.807) is 6.20 Å². The van der Waals surface area contributed by atoms with Crippen molar-refractivity contribution in [1.29, 1.82) is 0 Å². The molecule has 0 aliphatic carbocycles. The number of fused-ring (bicyclic) bond motifs is 9. The number of benzene rings is 2. The van der Waals surface area contributed by atoms with E-state index >= 15 is 0 Å². The van der Waals surface area contributed by atoms with E-state index in [-0.39, 0.29) is 5.91 Å². The summed E-state index contributed by atoms with van der Waals surface area (Å²) in [6.07, 6.45) is 7.29. The highest BCUT2D eigenvalue weighted by molar-refractivity contribution is 5.94. The average molecular weight is 458 g/mol. The third-order valence-corrected chi connectivity index (χ3v) is 6.32. The summed E-state index contributed by atoms with van der Waals surface area (Å²) >= 11 is 0. The number of rotatable bonds is 1. The Hall–Kier alpha value is -3.45. The van der Waals surface area contributed by atoms with Crippen LogP contribution in [-0.4, -0.2) is 42.1 Å². The van der Waals surface area contributed by atoms with Crippen LogP contribution in [0.2, 0.25) is 0 Å². The van der Waals surface area contributed by atoms with E-state index in [4.69, 9.17) is 9.72 Å². The molecule has 3 aromatic rings. The fourth-order valence-corrected chi connectivity index (χ4v) is 4.49. The SMILES string of the molecule is O=C1NCCCCOCc2cc(cc(N3CCCCC3)c2)Nc2nccc(n2)-c2ccc1cc2. The van der Waals surface area contributed by atoms with Gasteiger partial charge < -0.3 is 20.3 Å². The summed E-state index contributed by atoms with van der Waals surface area (Å²) in [5.41, 5.74) is 5.69. The minimum absolute atomic E-state index is 0.0586. The number of piperidine rings is 1. The van der Waals surface area contributed by atoms with Crippen LogP contribution in [-0.2, 0) is 11.3 Å². The highest BCUT2D eigenvalue weighted by Crippen LogP contribution is 2.28. The second-order valence-electron chi connectivity index (χ2n) is 8.92. The molecule has 7 heteroatoms. The molecule has 6 bridgehead atoms. The second kappa shape index (κ2) is 10.7. The zero-order valence-corrected chi connectivity index (χ0v) is 19.4. The first kappa shape index (κ1) is 22.3. The lowest BCUT2D eigenvalue weighted by atomic mass is 10.1. The fourth-order valence-electron chi connectivity index (χ4n) is 4.49. The Kier molecular flexibility index (Phi) is 7.00. The molecule has 34 heavy (non-hydrogen) atoms. The van der Waals surface area contributed by atoms with E-state index in [1.807, 2.05) is 30.3 Å². The van der Waals surface area contributed by atoms with Crippen molar-refractivity contribution in [3.05, 3.63) is 65.9 Å². The van der Waals surface area contributed by atoms with Gasteiger partial charge in [0.15, 0.2) is 0 Å². The molecular weight excluding hydrogens is 426 g/mol. The predicted octanol–water partition coefficient (Wildman–Crippen LogP) is 4.92. The highest BCUT2D eigenvalue weighted by Gasteiger charge is 2.14. The Morgan fingerprint density at radius 3 is 2.56 bits per heavy atom. The maximum absolute atomic E-state index is 12.4. The molecule has 0 spiro atoms. The minimum Gasteiger partial charge on any atom is -0.377 e. The molecule has 1 fully saturated rings. The Morgan fingerprint density at radius 2 is 1.71 bits per heavy atom. The fraction of sp³-hybridized carbons (Fsp3) is 0.370. The van der Waals surface area contributed by atoms with Gasteiger partial charge in [-0.3, -0.25) is 4.79 Å². The van der Waals surface area contributed by atoms with Crippen molar-refractivity contribution in [2.24, 2.45) is 0 Å². The predicted molar refractivity (Wildman–Crippen MR) is 134 cm³/mol. The molecule has 0 unspecified atom stereocenters. The van der Waals surface area contributed by atoms with Gasteiger partial charge in [-0.2, -0.15) is 0 Å². The van der Waals surface area contributed by atoms with E-state index < -0.39 is 0 Å². The Balaban J connectivity index is 1.46. The molecule has 1 saturated heterocycles. The Bertz CT molecular complexity index is 1130. The monoisotopic (exact) mass is 457 g/mol. The molecule has 6 rings (SSSR count). The van der Waals surface area contributed by atoms with Gasteiger partial charge in [0.2, 0.25) is 5.95 Å². The van der Waals surface area contributed by atoms with Crippen molar-refractivity contribution < 1.29 is 9.53 Å². The van der Waals surface area contributed by atoms with Crippen LogP contribution in [0.15, 0.2) is 54.7 Å². The molecule has 176 valence electrons. The van der Waals surface area contributed by atoms with E-state index in [0.717, 1.165) is 48.4 Å². The molecule has 3 aliphatic rings. The van der Waals surface area contributed by atoms with Gasteiger partial charge in [0.1, 0.15) is 0 Å². The summed E-state index contributed by atoms with van der Waals surface area (Å²) in [6, 6.07) is 15.9. The summed E-state index contributed by atoms with van der Waals surface area (Å²) in [7, 11) is 0. The molecule has 2 N–H and O–H groups in total. The van der Waals surface area contributed by atoms with Crippen LogP contribution in [0.25, 0.3) is 11.3 Å². The van der Waals surface area contributed by atoms with Crippen LogP contribution in [0.4, 0.5) is 17.3 Å². The van der Waals surface area contributed by atoms with Crippen molar-refractivity contribution >= 4 is 23.2 Å². The number of nitrogens with zero attached hydrogens (tertiary/aromatic N) is 3. The number of aromatic nitrogens is 2. The van der Waals surface area contributed by atoms with Gasteiger partial charge >= 0.3 is 0 Å². The summed E-state index contributed by atoms with van der Waals surface area (Å²) in [5, 5.41) is 6.40. The molecule has 1 aromatic heterocycles. The van der Waals surface area contributed by atoms with Crippen molar-refractivity contribution in [1.82, 2.24) is 15.3 Å². The number of carbonyl (C=O) groups excluding carboxylic acids is 1. The molecule has 2 aromatic carbocycles. The molecule has 0 radical (unpaired) electrons. The van der Waals surface area contributed by atoms with Crippen LogP contribution < -0.4 is 15.5 Å². The largest absolute Gasteiger partial charge is 0.377 e. The quantitative estimate of drug-likeness (QED) is 0.540. The van der Waals surface area contributed by atoms with E-state index in [9.17, 15) is 4.79 Å². The third kappa shape index (κ3) is 5.54. The van der Waals surface area contributed by atoms with E-state index in [1.165, 1.54) is 24.9 Å². The van der Waals surface area contributed by atoms with Gasteiger partial charge in [0.05, 0.1) is 12.3 Å². The summed E-state index contributed by atoms with van der Waals surface area (Å²) in [5.74, 6) is 0.483. The molecule has 1 amide bonds. The lowest BCUT2D eigenvalue weighted by molar-refractivity contribution is 0.0946. The van der Waals surface area contributed by atoms with Gasteiger partial charge in [-0.05, 0) is 74.1 Å². The zero-order chi connectivity index (χ0) is 23.2. The topological polar surface area (TPSA) is 79.4 Å². The lowest BCUT2D eigenvalue weighted by Crippen LogP contribution is -2.29. The maximum Gasteiger partial charge on any atom is 0.251 e. The molecule has 0 atom stereocenters. The summed E-state index contributed by atoms with van der Waals surface area (Å²) in [4.78, 5) is 24.0. The van der Waals surface area contributed by atoms with Gasteiger partial charge in [-0.1, -0.05) is 12.1 Å². The number of hydrogen-bond donors (Lipinski definition) is 2. The second-order valence-corrected chi connectivity index (χ2v) is 8.92.